The molecule has 4 rings (SSSR count). The van der Waals surface area contributed by atoms with E-state index < -0.39 is 47.2 Å². The first-order chi connectivity index (χ1) is 25.5. The molecule has 0 bridgehead atoms. The summed E-state index contributed by atoms with van der Waals surface area (Å²) >= 11 is 0. The Kier molecular flexibility index (Phi) is 13.3. The molecular formula is C41H45N5O8. The highest BCUT2D eigenvalue weighted by Crippen LogP contribution is 2.21. The second kappa shape index (κ2) is 17.8. The molecule has 0 aliphatic heterocycles. The summed E-state index contributed by atoms with van der Waals surface area (Å²) in [5.41, 5.74) is 2.48. The Morgan fingerprint density at radius 2 is 1.17 bits per heavy atom. The molecule has 0 spiro atoms. The number of hydrogen-bond acceptors (Lipinski definition) is 9. The van der Waals surface area contributed by atoms with Gasteiger partial charge in [0.05, 0.1) is 18.4 Å². The number of nitrogens with zero attached hydrogens (tertiary/aromatic N) is 1. The SMILES string of the molecule is COC(=O)c1ccc(C(=O)N[C@@H](Cc2ccc(-c3ccccc3)cc2)C(=O)Nc2ccc(N=C(NC(=O)OC(C)(C)C)NC(=O)OC(C)(C)C)cc2)cc1. The Hall–Kier alpha value is -6.50. The van der Waals surface area contributed by atoms with Crippen LogP contribution in [-0.4, -0.2) is 60.3 Å². The third-order valence-electron chi connectivity index (χ3n) is 7.31. The fourth-order valence-corrected chi connectivity index (χ4v) is 4.89. The van der Waals surface area contributed by atoms with Gasteiger partial charge in [0.2, 0.25) is 11.9 Å². The number of esters is 1. The van der Waals surface area contributed by atoms with Crippen molar-refractivity contribution < 1.29 is 38.2 Å². The maximum Gasteiger partial charge on any atom is 0.414 e. The molecule has 0 heterocycles. The highest BCUT2D eigenvalue weighted by Gasteiger charge is 2.24. The molecular weight excluding hydrogens is 690 g/mol. The van der Waals surface area contributed by atoms with Gasteiger partial charge in [0.25, 0.3) is 5.91 Å². The van der Waals surface area contributed by atoms with Crippen molar-refractivity contribution in [2.45, 2.75) is 65.2 Å². The van der Waals surface area contributed by atoms with Gasteiger partial charge in [0.1, 0.15) is 17.2 Å². The number of amides is 4. The molecule has 4 aromatic carbocycles. The number of aliphatic imine (C=N–C) groups is 1. The molecule has 282 valence electrons. The van der Waals surface area contributed by atoms with Crippen molar-refractivity contribution in [3.05, 3.63) is 120 Å². The third-order valence-corrected chi connectivity index (χ3v) is 7.31. The second-order valence-corrected chi connectivity index (χ2v) is 14.1. The van der Waals surface area contributed by atoms with Crippen molar-refractivity contribution in [2.24, 2.45) is 4.99 Å². The number of methoxy groups -OCH3 is 1. The fraction of sp³-hybridized carbons (Fsp3) is 0.268. The largest absolute Gasteiger partial charge is 0.465 e. The lowest BCUT2D eigenvalue weighted by Gasteiger charge is -2.22. The summed E-state index contributed by atoms with van der Waals surface area (Å²) in [6.07, 6.45) is -1.52. The molecule has 0 fully saturated rings. The molecule has 0 aliphatic rings. The normalized spacial score (nSPS) is 11.6. The maximum absolute atomic E-state index is 13.8. The van der Waals surface area contributed by atoms with Crippen molar-refractivity contribution in [1.29, 1.82) is 0 Å². The molecule has 54 heavy (non-hydrogen) atoms. The first-order valence-electron chi connectivity index (χ1n) is 17.1. The van der Waals surface area contributed by atoms with E-state index in [0.29, 0.717) is 11.4 Å². The molecule has 0 saturated carbocycles. The Balaban J connectivity index is 1.54. The molecule has 13 heteroatoms. The lowest BCUT2D eigenvalue weighted by Crippen LogP contribution is -2.47. The van der Waals surface area contributed by atoms with E-state index in [9.17, 15) is 24.0 Å². The van der Waals surface area contributed by atoms with Crippen LogP contribution in [0, 0.1) is 0 Å². The summed E-state index contributed by atoms with van der Waals surface area (Å²) in [4.78, 5) is 68.3. The average molecular weight is 736 g/mol. The summed E-state index contributed by atoms with van der Waals surface area (Å²) in [5.74, 6) is -1.78. The van der Waals surface area contributed by atoms with Crippen LogP contribution in [0.25, 0.3) is 11.1 Å². The minimum absolute atomic E-state index is 0.172. The molecule has 4 amide bonds. The molecule has 4 aromatic rings. The highest BCUT2D eigenvalue weighted by molar-refractivity contribution is 6.03. The molecule has 1 atom stereocenters. The first-order valence-corrected chi connectivity index (χ1v) is 17.1. The second-order valence-electron chi connectivity index (χ2n) is 14.1. The zero-order valence-electron chi connectivity index (χ0n) is 31.3. The van der Waals surface area contributed by atoms with Crippen LogP contribution in [-0.2, 0) is 25.4 Å². The van der Waals surface area contributed by atoms with Gasteiger partial charge < -0.3 is 24.8 Å². The zero-order chi connectivity index (χ0) is 39.5. The topological polar surface area (TPSA) is 174 Å². The van der Waals surface area contributed by atoms with E-state index in [1.165, 1.54) is 31.4 Å². The van der Waals surface area contributed by atoms with Crippen molar-refractivity contribution in [3.63, 3.8) is 0 Å². The first kappa shape index (κ1) is 40.3. The predicted molar refractivity (Wildman–Crippen MR) is 206 cm³/mol. The number of anilines is 1. The lowest BCUT2D eigenvalue weighted by molar-refractivity contribution is -0.118. The van der Waals surface area contributed by atoms with Gasteiger partial charge in [-0.2, -0.15) is 0 Å². The molecule has 0 saturated heterocycles. The molecule has 13 nitrogen and oxygen atoms in total. The summed E-state index contributed by atoms with van der Waals surface area (Å²) in [6, 6.07) is 28.8. The van der Waals surface area contributed by atoms with Crippen LogP contribution in [0.4, 0.5) is 21.0 Å². The van der Waals surface area contributed by atoms with E-state index in [1.807, 2.05) is 54.6 Å². The number of hydrogen-bond donors (Lipinski definition) is 4. The van der Waals surface area contributed by atoms with Gasteiger partial charge >= 0.3 is 18.2 Å². The summed E-state index contributed by atoms with van der Waals surface area (Å²) in [5, 5.41) is 10.5. The quantitative estimate of drug-likeness (QED) is 0.0607. The smallest absolute Gasteiger partial charge is 0.414 e. The Morgan fingerprint density at radius 1 is 0.648 bits per heavy atom. The fourth-order valence-electron chi connectivity index (χ4n) is 4.89. The van der Waals surface area contributed by atoms with Crippen molar-refractivity contribution in [1.82, 2.24) is 16.0 Å². The van der Waals surface area contributed by atoms with Crippen LogP contribution in [0.2, 0.25) is 0 Å². The maximum atomic E-state index is 13.8. The van der Waals surface area contributed by atoms with Gasteiger partial charge in [-0.15, -0.1) is 0 Å². The van der Waals surface area contributed by atoms with Gasteiger partial charge in [-0.3, -0.25) is 20.2 Å². The summed E-state index contributed by atoms with van der Waals surface area (Å²) in [6.45, 7) is 10.2. The Labute approximate surface area is 314 Å². The standard InChI is InChI=1S/C41H45N5O8/c1-40(2,3)53-38(50)45-37(46-39(51)54-41(4,5)6)43-32-23-21-31(22-24-32)42-35(48)33(44-34(47)29-17-19-30(20-18-29)36(49)52-7)25-26-13-15-28(16-14-26)27-11-9-8-10-12-27/h8-24,33H,25H2,1-7H3,(H,42,48)(H,44,47)(H2,43,45,46,50,51)/t33-/m0/s1. The van der Waals surface area contributed by atoms with E-state index in [2.05, 4.69) is 26.3 Å². The number of carbonyl (C=O) groups is 5. The van der Waals surface area contributed by atoms with Crippen molar-refractivity contribution >= 4 is 47.3 Å². The van der Waals surface area contributed by atoms with Gasteiger partial charge in [-0.05, 0) is 107 Å². The number of guanidine groups is 1. The molecule has 0 aliphatic carbocycles. The average Bonchev–Trinajstić information content (AvgIpc) is 3.10. The minimum Gasteiger partial charge on any atom is -0.465 e. The number of nitrogens with one attached hydrogen (secondary N) is 4. The predicted octanol–water partition coefficient (Wildman–Crippen LogP) is 7.16. The van der Waals surface area contributed by atoms with Gasteiger partial charge in [0.15, 0.2) is 0 Å². The summed E-state index contributed by atoms with van der Waals surface area (Å²) in [7, 11) is 1.27. The van der Waals surface area contributed by atoms with Crippen LogP contribution in [0.15, 0.2) is 108 Å². The van der Waals surface area contributed by atoms with Crippen LogP contribution >= 0.6 is 0 Å². The van der Waals surface area contributed by atoms with Crippen molar-refractivity contribution in [2.75, 3.05) is 12.4 Å². The van der Waals surface area contributed by atoms with E-state index >= 15 is 0 Å². The van der Waals surface area contributed by atoms with Crippen LogP contribution in [0.5, 0.6) is 0 Å². The van der Waals surface area contributed by atoms with Gasteiger partial charge in [-0.25, -0.2) is 19.4 Å². The molecule has 0 radical (unpaired) electrons. The van der Waals surface area contributed by atoms with E-state index in [0.717, 1.165) is 16.7 Å². The number of benzene rings is 4. The van der Waals surface area contributed by atoms with E-state index in [1.54, 1.807) is 65.8 Å². The third kappa shape index (κ3) is 12.9. The molecule has 4 N–H and O–H groups in total. The number of ether oxygens (including phenoxy) is 3. The van der Waals surface area contributed by atoms with Crippen LogP contribution in [0.1, 0.15) is 67.8 Å². The summed E-state index contributed by atoms with van der Waals surface area (Å²) < 4.78 is 15.3. The monoisotopic (exact) mass is 735 g/mol. The molecule has 0 aromatic heterocycles. The van der Waals surface area contributed by atoms with Gasteiger partial charge in [-0.1, -0.05) is 54.6 Å². The van der Waals surface area contributed by atoms with Crippen molar-refractivity contribution in [3.8, 4) is 11.1 Å². The minimum atomic E-state index is -0.999. The number of rotatable bonds is 9. The Morgan fingerprint density at radius 3 is 1.69 bits per heavy atom. The highest BCUT2D eigenvalue weighted by atomic mass is 16.6. The van der Waals surface area contributed by atoms with E-state index in [4.69, 9.17) is 14.2 Å². The Bertz CT molecular complexity index is 1930. The zero-order valence-corrected chi connectivity index (χ0v) is 31.3. The molecule has 0 unspecified atom stereocenters. The van der Waals surface area contributed by atoms with Crippen LogP contribution < -0.4 is 21.3 Å². The van der Waals surface area contributed by atoms with E-state index in [-0.39, 0.29) is 23.5 Å². The number of alkyl carbamates (subject to hydrolysis) is 2. The van der Waals surface area contributed by atoms with Gasteiger partial charge in [0, 0.05) is 17.7 Å². The number of carbonyl (C=O) groups excluding carboxylic acids is 5. The lowest BCUT2D eigenvalue weighted by atomic mass is 10.00. The van der Waals surface area contributed by atoms with Crippen LogP contribution in [0.3, 0.4) is 0 Å².